The summed E-state index contributed by atoms with van der Waals surface area (Å²) >= 11 is 0. The second-order valence-electron chi connectivity index (χ2n) is 7.19. The van der Waals surface area contributed by atoms with E-state index >= 15 is 0 Å². The second-order valence-corrected chi connectivity index (χ2v) is 7.19. The summed E-state index contributed by atoms with van der Waals surface area (Å²) in [6.45, 7) is 4.14. The van der Waals surface area contributed by atoms with Gasteiger partial charge < -0.3 is 19.1 Å². The van der Waals surface area contributed by atoms with Crippen molar-refractivity contribution in [2.75, 3.05) is 19.8 Å². The molecule has 29 heavy (non-hydrogen) atoms. The van der Waals surface area contributed by atoms with Gasteiger partial charge in [0.2, 0.25) is 0 Å². The van der Waals surface area contributed by atoms with E-state index < -0.39 is 0 Å². The van der Waals surface area contributed by atoms with Gasteiger partial charge in [0, 0.05) is 35.0 Å². The van der Waals surface area contributed by atoms with Crippen molar-refractivity contribution in [2.45, 2.75) is 26.0 Å². The van der Waals surface area contributed by atoms with E-state index in [1.807, 2.05) is 31.2 Å². The predicted octanol–water partition coefficient (Wildman–Crippen LogP) is 5.33. The summed E-state index contributed by atoms with van der Waals surface area (Å²) in [5.41, 5.74) is 3.58. The molecule has 4 rings (SSSR count). The van der Waals surface area contributed by atoms with Gasteiger partial charge in [0.1, 0.15) is 12.4 Å². The highest BCUT2D eigenvalue weighted by Gasteiger charge is 2.10. The van der Waals surface area contributed by atoms with Crippen LogP contribution in [0.5, 0.6) is 5.75 Å². The third kappa shape index (κ3) is 4.29. The molecule has 1 aromatic heterocycles. The predicted molar refractivity (Wildman–Crippen MR) is 117 cm³/mol. The van der Waals surface area contributed by atoms with Gasteiger partial charge in [0.05, 0.1) is 12.6 Å². The normalized spacial score (nSPS) is 12.5. The molecule has 4 heteroatoms. The monoisotopic (exact) mass is 389 g/mol. The number of hydrogen-bond donors (Lipinski definition) is 1. The van der Waals surface area contributed by atoms with Crippen LogP contribution in [0.4, 0.5) is 0 Å². The topological polar surface area (TPSA) is 43.6 Å². The molecule has 0 aliphatic heterocycles. The molecule has 0 amide bonds. The summed E-state index contributed by atoms with van der Waals surface area (Å²) in [6, 6.07) is 25.1. The number of aliphatic hydroxyl groups is 1. The van der Waals surface area contributed by atoms with Gasteiger partial charge in [0.25, 0.3) is 0 Å². The fraction of sp³-hybridized carbons (Fsp3) is 0.280. The SMILES string of the molecule is CC(OCCCO)c1ccc(OCCn2c3ccccc3c3ccccc32)cc1. The molecule has 1 unspecified atom stereocenters. The Labute approximate surface area is 171 Å². The summed E-state index contributed by atoms with van der Waals surface area (Å²) in [6.07, 6.45) is 0.669. The van der Waals surface area contributed by atoms with Crippen molar-refractivity contribution in [3.05, 3.63) is 78.4 Å². The van der Waals surface area contributed by atoms with Crippen LogP contribution in [0.15, 0.2) is 72.8 Å². The molecule has 0 bridgehead atoms. The molecule has 0 fully saturated rings. The van der Waals surface area contributed by atoms with E-state index in [1.54, 1.807) is 0 Å². The number of benzene rings is 3. The highest BCUT2D eigenvalue weighted by atomic mass is 16.5. The average molecular weight is 389 g/mol. The highest BCUT2D eigenvalue weighted by Crippen LogP contribution is 2.28. The molecule has 3 aromatic carbocycles. The van der Waals surface area contributed by atoms with Crippen molar-refractivity contribution in [3.8, 4) is 5.75 Å². The molecule has 4 aromatic rings. The Balaban J connectivity index is 1.41. The lowest BCUT2D eigenvalue weighted by molar-refractivity contribution is 0.0553. The van der Waals surface area contributed by atoms with E-state index in [9.17, 15) is 0 Å². The molecule has 0 aliphatic carbocycles. The maximum absolute atomic E-state index is 8.86. The molecule has 1 heterocycles. The molecule has 4 nitrogen and oxygen atoms in total. The Morgan fingerprint density at radius 1 is 0.828 bits per heavy atom. The minimum absolute atomic E-state index is 0.00760. The van der Waals surface area contributed by atoms with Crippen LogP contribution in [0, 0.1) is 0 Å². The maximum atomic E-state index is 8.86. The molecule has 0 saturated carbocycles. The Morgan fingerprint density at radius 3 is 2.07 bits per heavy atom. The zero-order valence-electron chi connectivity index (χ0n) is 16.8. The number of nitrogens with zero attached hydrogens (tertiary/aromatic N) is 1. The molecular weight excluding hydrogens is 362 g/mol. The molecule has 0 saturated heterocycles. The van der Waals surface area contributed by atoms with Crippen molar-refractivity contribution in [2.24, 2.45) is 0 Å². The van der Waals surface area contributed by atoms with Gasteiger partial charge in [-0.3, -0.25) is 0 Å². The summed E-state index contributed by atoms with van der Waals surface area (Å²) < 4.78 is 14.1. The van der Waals surface area contributed by atoms with E-state index in [0.717, 1.165) is 17.9 Å². The van der Waals surface area contributed by atoms with Crippen LogP contribution < -0.4 is 4.74 Å². The van der Waals surface area contributed by atoms with Gasteiger partial charge in [-0.2, -0.15) is 0 Å². The fourth-order valence-electron chi connectivity index (χ4n) is 3.75. The van der Waals surface area contributed by atoms with Gasteiger partial charge in [0.15, 0.2) is 0 Å². The lowest BCUT2D eigenvalue weighted by atomic mass is 10.1. The van der Waals surface area contributed by atoms with Crippen LogP contribution in [0.3, 0.4) is 0 Å². The standard InChI is InChI=1S/C25H27NO3/c1-19(28-17-6-16-27)20-11-13-21(14-12-20)29-18-15-26-24-9-4-2-7-22(24)23-8-3-5-10-25(23)26/h2-5,7-14,19,27H,6,15-18H2,1H3. The second kappa shape index (κ2) is 9.12. The third-order valence-electron chi connectivity index (χ3n) is 5.28. The largest absolute Gasteiger partial charge is 0.492 e. The quantitative estimate of drug-likeness (QED) is 0.393. The maximum Gasteiger partial charge on any atom is 0.119 e. The molecule has 0 radical (unpaired) electrons. The Bertz CT molecular complexity index is 1020. The molecule has 150 valence electrons. The molecule has 1 atom stereocenters. The van der Waals surface area contributed by atoms with Crippen LogP contribution in [0.25, 0.3) is 21.8 Å². The van der Waals surface area contributed by atoms with E-state index in [4.69, 9.17) is 14.6 Å². The average Bonchev–Trinajstić information content (AvgIpc) is 3.08. The zero-order valence-corrected chi connectivity index (χ0v) is 16.8. The van der Waals surface area contributed by atoms with E-state index in [0.29, 0.717) is 19.6 Å². The van der Waals surface area contributed by atoms with Crippen LogP contribution in [0.1, 0.15) is 25.0 Å². The number of rotatable bonds is 9. The summed E-state index contributed by atoms with van der Waals surface area (Å²) in [5, 5.41) is 11.4. The van der Waals surface area contributed by atoms with Crippen molar-refractivity contribution < 1.29 is 14.6 Å². The molecular formula is C25H27NO3. The lowest BCUT2D eigenvalue weighted by Crippen LogP contribution is -2.08. The van der Waals surface area contributed by atoms with Crippen molar-refractivity contribution in [1.29, 1.82) is 0 Å². The minimum atomic E-state index is 0.00760. The molecule has 0 spiro atoms. The van der Waals surface area contributed by atoms with Gasteiger partial charge in [-0.05, 0) is 43.2 Å². The number of para-hydroxylation sites is 2. The minimum Gasteiger partial charge on any atom is -0.492 e. The van der Waals surface area contributed by atoms with Crippen LogP contribution >= 0.6 is 0 Å². The van der Waals surface area contributed by atoms with E-state index in [-0.39, 0.29) is 12.7 Å². The number of aliphatic hydroxyl groups excluding tert-OH is 1. The first-order chi connectivity index (χ1) is 14.3. The fourth-order valence-corrected chi connectivity index (χ4v) is 3.75. The summed E-state index contributed by atoms with van der Waals surface area (Å²) in [4.78, 5) is 0. The van der Waals surface area contributed by atoms with Gasteiger partial charge >= 0.3 is 0 Å². The number of aromatic nitrogens is 1. The van der Waals surface area contributed by atoms with Crippen LogP contribution in [-0.2, 0) is 11.3 Å². The highest BCUT2D eigenvalue weighted by molar-refractivity contribution is 6.07. The van der Waals surface area contributed by atoms with E-state index in [2.05, 4.69) is 53.1 Å². The molecule has 0 aliphatic rings. The first kappa shape index (κ1) is 19.5. The Morgan fingerprint density at radius 2 is 1.45 bits per heavy atom. The molecule has 1 N–H and O–H groups in total. The third-order valence-corrected chi connectivity index (χ3v) is 5.28. The van der Waals surface area contributed by atoms with Gasteiger partial charge in [-0.25, -0.2) is 0 Å². The smallest absolute Gasteiger partial charge is 0.119 e. The van der Waals surface area contributed by atoms with Gasteiger partial charge in [-0.1, -0.05) is 48.5 Å². The number of hydrogen-bond acceptors (Lipinski definition) is 3. The van der Waals surface area contributed by atoms with Gasteiger partial charge in [-0.15, -0.1) is 0 Å². The van der Waals surface area contributed by atoms with E-state index in [1.165, 1.54) is 21.8 Å². The Hall–Kier alpha value is -2.82. The zero-order chi connectivity index (χ0) is 20.1. The first-order valence-corrected chi connectivity index (χ1v) is 10.2. The number of fused-ring (bicyclic) bond motifs is 3. The van der Waals surface area contributed by atoms with Crippen molar-refractivity contribution in [1.82, 2.24) is 4.57 Å². The first-order valence-electron chi connectivity index (χ1n) is 10.2. The van der Waals surface area contributed by atoms with Crippen molar-refractivity contribution >= 4 is 21.8 Å². The van der Waals surface area contributed by atoms with Crippen LogP contribution in [0.2, 0.25) is 0 Å². The summed E-state index contributed by atoms with van der Waals surface area (Å²) in [7, 11) is 0. The summed E-state index contributed by atoms with van der Waals surface area (Å²) in [5.74, 6) is 0.858. The number of ether oxygens (including phenoxy) is 2. The van der Waals surface area contributed by atoms with Crippen molar-refractivity contribution in [3.63, 3.8) is 0 Å². The van der Waals surface area contributed by atoms with Crippen LogP contribution in [-0.4, -0.2) is 29.5 Å². The Kier molecular flexibility index (Phi) is 6.13. The lowest BCUT2D eigenvalue weighted by Gasteiger charge is -2.14.